The minimum atomic E-state index is -0.948. The Morgan fingerprint density at radius 3 is 2.27 bits per heavy atom. The van der Waals surface area contributed by atoms with Gasteiger partial charge in [0.2, 0.25) is 0 Å². The molecule has 0 amide bonds. The minimum Gasteiger partial charge on any atom is -0.491 e. The average molecular weight is 340 g/mol. The van der Waals surface area contributed by atoms with Gasteiger partial charge in [0.15, 0.2) is 5.75 Å². The van der Waals surface area contributed by atoms with Crippen LogP contribution in [0.1, 0.15) is 22.8 Å². The van der Waals surface area contributed by atoms with Gasteiger partial charge in [-0.3, -0.25) is 0 Å². The van der Waals surface area contributed by atoms with Crippen LogP contribution < -0.4 is 10.1 Å². The van der Waals surface area contributed by atoms with E-state index in [0.29, 0.717) is 28.9 Å². The molecule has 22 heavy (non-hydrogen) atoms. The Hall–Kier alpha value is -1.91. The van der Waals surface area contributed by atoms with Gasteiger partial charge in [-0.25, -0.2) is 4.79 Å². The molecule has 6 heteroatoms. The van der Waals surface area contributed by atoms with E-state index in [9.17, 15) is 4.79 Å². The maximum atomic E-state index is 10.8. The fourth-order valence-electron chi connectivity index (χ4n) is 1.93. The summed E-state index contributed by atoms with van der Waals surface area (Å²) in [6, 6.07) is 10.1. The molecular weight excluding hydrogens is 325 g/mol. The van der Waals surface area contributed by atoms with Crippen LogP contribution in [-0.2, 0) is 6.54 Å². The largest absolute Gasteiger partial charge is 0.491 e. The van der Waals surface area contributed by atoms with Crippen molar-refractivity contribution in [3.8, 4) is 5.75 Å². The van der Waals surface area contributed by atoms with E-state index in [1.54, 1.807) is 36.4 Å². The van der Waals surface area contributed by atoms with E-state index in [-0.39, 0.29) is 5.56 Å². The Morgan fingerprint density at radius 1 is 1.18 bits per heavy atom. The van der Waals surface area contributed by atoms with Crippen LogP contribution in [0, 0.1) is 0 Å². The molecule has 0 radical (unpaired) electrons. The molecule has 0 atom stereocenters. The highest BCUT2D eigenvalue weighted by Gasteiger charge is 2.09. The standard InChI is InChI=1S/C16H15Cl2NO3/c1-2-22-15-13(17)7-10(8-14(15)18)9-19-12-5-3-11(4-6-12)16(20)21/h3-8,19H,2,9H2,1H3,(H,20,21). The Morgan fingerprint density at radius 2 is 1.77 bits per heavy atom. The molecule has 0 saturated carbocycles. The summed E-state index contributed by atoms with van der Waals surface area (Å²) in [5.74, 6) is -0.461. The number of hydrogen-bond donors (Lipinski definition) is 2. The highest BCUT2D eigenvalue weighted by molar-refractivity contribution is 6.37. The van der Waals surface area contributed by atoms with Crippen molar-refractivity contribution in [1.29, 1.82) is 0 Å². The monoisotopic (exact) mass is 339 g/mol. The van der Waals surface area contributed by atoms with Crippen LogP contribution in [0.25, 0.3) is 0 Å². The number of carboxylic acids is 1. The molecule has 0 aliphatic carbocycles. The third-order valence-electron chi connectivity index (χ3n) is 2.98. The molecule has 2 aromatic rings. The average Bonchev–Trinajstić information content (AvgIpc) is 2.49. The van der Waals surface area contributed by atoms with Gasteiger partial charge in [0.05, 0.1) is 22.2 Å². The third-order valence-corrected chi connectivity index (χ3v) is 3.54. The first-order chi connectivity index (χ1) is 10.5. The Kier molecular flexibility index (Phi) is 5.52. The Bertz CT molecular complexity index is 649. The number of rotatable bonds is 6. The number of benzene rings is 2. The number of carboxylic acid groups (broad SMARTS) is 1. The molecule has 116 valence electrons. The predicted octanol–water partition coefficient (Wildman–Crippen LogP) is 4.70. The molecular formula is C16H15Cl2NO3. The van der Waals surface area contributed by atoms with Crippen molar-refractivity contribution < 1.29 is 14.6 Å². The summed E-state index contributed by atoms with van der Waals surface area (Å²) in [4.78, 5) is 10.8. The predicted molar refractivity (Wildman–Crippen MR) is 88.4 cm³/mol. The normalized spacial score (nSPS) is 10.3. The summed E-state index contributed by atoms with van der Waals surface area (Å²) in [6.07, 6.45) is 0. The highest BCUT2D eigenvalue weighted by atomic mass is 35.5. The molecule has 0 heterocycles. The molecule has 0 bridgehead atoms. The molecule has 4 nitrogen and oxygen atoms in total. The fourth-order valence-corrected chi connectivity index (χ4v) is 2.57. The van der Waals surface area contributed by atoms with Crippen LogP contribution in [0.3, 0.4) is 0 Å². The third kappa shape index (κ3) is 4.06. The lowest BCUT2D eigenvalue weighted by molar-refractivity contribution is 0.0697. The van der Waals surface area contributed by atoms with Gasteiger partial charge in [0, 0.05) is 12.2 Å². The Labute approximate surface area is 138 Å². The summed E-state index contributed by atoms with van der Waals surface area (Å²) in [7, 11) is 0. The van der Waals surface area contributed by atoms with Crippen LogP contribution in [0.4, 0.5) is 5.69 Å². The van der Waals surface area contributed by atoms with E-state index < -0.39 is 5.97 Å². The van der Waals surface area contributed by atoms with Crippen molar-refractivity contribution in [3.05, 3.63) is 57.6 Å². The molecule has 0 unspecified atom stereocenters. The first-order valence-electron chi connectivity index (χ1n) is 6.69. The zero-order chi connectivity index (χ0) is 16.1. The minimum absolute atomic E-state index is 0.248. The quantitative estimate of drug-likeness (QED) is 0.800. The first-order valence-corrected chi connectivity index (χ1v) is 7.44. The molecule has 2 aromatic carbocycles. The summed E-state index contributed by atoms with van der Waals surface area (Å²) in [5, 5.41) is 13.0. The lowest BCUT2D eigenvalue weighted by atomic mass is 10.2. The van der Waals surface area contributed by atoms with Crippen LogP contribution in [0.15, 0.2) is 36.4 Å². The topological polar surface area (TPSA) is 58.6 Å². The fraction of sp³-hybridized carbons (Fsp3) is 0.188. The molecule has 0 aliphatic heterocycles. The van der Waals surface area contributed by atoms with Gasteiger partial charge in [-0.1, -0.05) is 23.2 Å². The lowest BCUT2D eigenvalue weighted by Crippen LogP contribution is -2.02. The van der Waals surface area contributed by atoms with E-state index in [1.165, 1.54) is 0 Å². The van der Waals surface area contributed by atoms with Crippen molar-refractivity contribution in [2.45, 2.75) is 13.5 Å². The Balaban J connectivity index is 2.06. The van der Waals surface area contributed by atoms with Gasteiger partial charge in [-0.15, -0.1) is 0 Å². The van der Waals surface area contributed by atoms with Crippen LogP contribution in [-0.4, -0.2) is 17.7 Å². The van der Waals surface area contributed by atoms with Crippen LogP contribution >= 0.6 is 23.2 Å². The zero-order valence-electron chi connectivity index (χ0n) is 11.9. The van der Waals surface area contributed by atoms with Gasteiger partial charge < -0.3 is 15.2 Å². The van der Waals surface area contributed by atoms with E-state index in [1.807, 2.05) is 6.92 Å². The second kappa shape index (κ2) is 7.38. The summed E-state index contributed by atoms with van der Waals surface area (Å²) in [5.41, 5.74) is 1.96. The number of nitrogens with one attached hydrogen (secondary N) is 1. The molecule has 2 rings (SSSR count). The number of hydrogen-bond acceptors (Lipinski definition) is 3. The number of anilines is 1. The second-order valence-corrected chi connectivity index (χ2v) is 5.37. The van der Waals surface area contributed by atoms with E-state index in [4.69, 9.17) is 33.0 Å². The number of ether oxygens (including phenoxy) is 1. The molecule has 2 N–H and O–H groups in total. The van der Waals surface area contributed by atoms with E-state index in [0.717, 1.165) is 11.3 Å². The molecule has 0 saturated heterocycles. The maximum Gasteiger partial charge on any atom is 0.335 e. The number of carbonyl (C=O) groups is 1. The van der Waals surface area contributed by atoms with E-state index in [2.05, 4.69) is 5.32 Å². The van der Waals surface area contributed by atoms with Crippen LogP contribution in [0.5, 0.6) is 5.75 Å². The van der Waals surface area contributed by atoms with Gasteiger partial charge in [0.25, 0.3) is 0 Å². The van der Waals surface area contributed by atoms with Crippen molar-refractivity contribution >= 4 is 34.9 Å². The van der Waals surface area contributed by atoms with Gasteiger partial charge in [-0.2, -0.15) is 0 Å². The zero-order valence-corrected chi connectivity index (χ0v) is 13.4. The van der Waals surface area contributed by atoms with Crippen LogP contribution in [0.2, 0.25) is 10.0 Å². The SMILES string of the molecule is CCOc1c(Cl)cc(CNc2ccc(C(=O)O)cc2)cc1Cl. The molecule has 0 aliphatic rings. The second-order valence-electron chi connectivity index (χ2n) is 4.56. The summed E-state index contributed by atoms with van der Waals surface area (Å²) < 4.78 is 5.38. The first kappa shape index (κ1) is 16.5. The van der Waals surface area contributed by atoms with Crippen molar-refractivity contribution in [2.75, 3.05) is 11.9 Å². The number of halogens is 2. The lowest BCUT2D eigenvalue weighted by Gasteiger charge is -2.12. The molecule has 0 spiro atoms. The summed E-state index contributed by atoms with van der Waals surface area (Å²) in [6.45, 7) is 2.87. The van der Waals surface area contributed by atoms with E-state index >= 15 is 0 Å². The molecule has 0 fully saturated rings. The van der Waals surface area contributed by atoms with Crippen molar-refractivity contribution in [3.63, 3.8) is 0 Å². The number of aromatic carboxylic acids is 1. The van der Waals surface area contributed by atoms with Crippen molar-refractivity contribution in [2.24, 2.45) is 0 Å². The van der Waals surface area contributed by atoms with Gasteiger partial charge in [0.1, 0.15) is 0 Å². The highest BCUT2D eigenvalue weighted by Crippen LogP contribution is 2.34. The molecule has 0 aromatic heterocycles. The van der Waals surface area contributed by atoms with Gasteiger partial charge in [-0.05, 0) is 48.9 Å². The maximum absolute atomic E-state index is 10.8. The summed E-state index contributed by atoms with van der Waals surface area (Å²) >= 11 is 12.3. The van der Waals surface area contributed by atoms with Crippen molar-refractivity contribution in [1.82, 2.24) is 0 Å². The van der Waals surface area contributed by atoms with Gasteiger partial charge >= 0.3 is 5.97 Å². The smallest absolute Gasteiger partial charge is 0.335 e.